The minimum atomic E-state index is -0.383. The Balaban J connectivity index is 1.36. The van der Waals surface area contributed by atoms with E-state index in [-0.39, 0.29) is 24.4 Å². The quantitative estimate of drug-likeness (QED) is 0.169. The lowest BCUT2D eigenvalue weighted by atomic mass is 9.95. The van der Waals surface area contributed by atoms with Crippen molar-refractivity contribution in [2.24, 2.45) is 0 Å². The topological polar surface area (TPSA) is 40.2 Å². The zero-order chi connectivity index (χ0) is 27.4. The summed E-state index contributed by atoms with van der Waals surface area (Å²) in [7, 11) is 0. The fraction of sp³-hybridized carbons (Fsp3) is 0.294. The molecule has 0 radical (unpaired) electrons. The average molecular weight is 558 g/mol. The highest BCUT2D eigenvalue weighted by atomic mass is 35.5. The van der Waals surface area contributed by atoms with Gasteiger partial charge in [0.15, 0.2) is 0 Å². The van der Waals surface area contributed by atoms with E-state index in [9.17, 15) is 0 Å². The van der Waals surface area contributed by atoms with Gasteiger partial charge in [0.1, 0.15) is 18.3 Å². The molecule has 1 aliphatic heterocycles. The van der Waals surface area contributed by atoms with Gasteiger partial charge in [-0.3, -0.25) is 0 Å². The molecule has 1 fully saturated rings. The van der Waals surface area contributed by atoms with Gasteiger partial charge in [-0.25, -0.2) is 4.42 Å². The summed E-state index contributed by atoms with van der Waals surface area (Å²) < 4.78 is 27.7. The number of benzene rings is 4. The summed E-state index contributed by atoms with van der Waals surface area (Å²) in [5.41, 5.74) is 4.39. The van der Waals surface area contributed by atoms with Crippen molar-refractivity contribution in [3.8, 4) is 0 Å². The maximum atomic E-state index is 6.94. The van der Waals surface area contributed by atoms with Crippen molar-refractivity contribution in [1.82, 2.24) is 4.42 Å². The van der Waals surface area contributed by atoms with Crippen LogP contribution in [0.25, 0.3) is 0 Å². The molecule has 0 N–H and O–H groups in total. The molecule has 5 rings (SSSR count). The van der Waals surface area contributed by atoms with Crippen LogP contribution in [-0.4, -0.2) is 41.9 Å². The zero-order valence-electron chi connectivity index (χ0n) is 22.6. The van der Waals surface area contributed by atoms with E-state index in [1.54, 1.807) is 4.42 Å². The smallest absolute Gasteiger partial charge is 0.113 e. The molecule has 208 valence electrons. The van der Waals surface area contributed by atoms with Crippen LogP contribution in [0, 0.1) is 0 Å². The highest BCUT2D eigenvalue weighted by molar-refractivity contribution is 6.13. The van der Waals surface area contributed by atoms with E-state index in [4.69, 9.17) is 30.7 Å². The van der Waals surface area contributed by atoms with Crippen LogP contribution >= 0.6 is 11.8 Å². The number of piperidine rings is 1. The maximum Gasteiger partial charge on any atom is 0.113 e. The molecule has 1 heterocycles. The predicted molar refractivity (Wildman–Crippen MR) is 158 cm³/mol. The molecule has 0 aromatic heterocycles. The molecule has 4 atom stereocenters. The zero-order valence-corrected chi connectivity index (χ0v) is 23.3. The molecule has 0 spiro atoms. The van der Waals surface area contributed by atoms with Crippen LogP contribution < -0.4 is 0 Å². The first-order chi connectivity index (χ1) is 19.8. The largest absolute Gasteiger partial charge is 0.375 e. The third kappa shape index (κ3) is 8.24. The number of halogens is 1. The van der Waals surface area contributed by atoms with E-state index in [1.807, 2.05) is 72.8 Å². The number of hydrogen-bond donors (Lipinski definition) is 0. The minimum absolute atomic E-state index is 0.230. The van der Waals surface area contributed by atoms with Crippen molar-refractivity contribution in [2.75, 3.05) is 13.2 Å². The molecule has 40 heavy (non-hydrogen) atoms. The second-order valence-corrected chi connectivity index (χ2v) is 10.4. The van der Waals surface area contributed by atoms with Gasteiger partial charge in [-0.15, -0.1) is 0 Å². The Morgan fingerprint density at radius 1 is 0.525 bits per heavy atom. The lowest BCUT2D eigenvalue weighted by Gasteiger charge is -2.45. The summed E-state index contributed by atoms with van der Waals surface area (Å²) in [5.74, 6) is 0. The third-order valence-electron chi connectivity index (χ3n) is 7.06. The van der Waals surface area contributed by atoms with E-state index in [0.717, 1.165) is 22.3 Å². The van der Waals surface area contributed by atoms with Crippen LogP contribution in [0.5, 0.6) is 0 Å². The minimum Gasteiger partial charge on any atom is -0.375 e. The summed E-state index contributed by atoms with van der Waals surface area (Å²) in [4.78, 5) is 0. The fourth-order valence-corrected chi connectivity index (χ4v) is 5.22. The number of nitrogens with zero attached hydrogens (tertiary/aromatic N) is 1. The molecule has 6 heteroatoms. The molecule has 0 bridgehead atoms. The monoisotopic (exact) mass is 557 g/mol. The third-order valence-corrected chi connectivity index (χ3v) is 7.45. The maximum absolute atomic E-state index is 6.94. The number of hydrogen-bond acceptors (Lipinski definition) is 5. The van der Waals surface area contributed by atoms with E-state index in [1.165, 1.54) is 0 Å². The van der Waals surface area contributed by atoms with Crippen molar-refractivity contribution in [2.45, 2.75) is 50.8 Å². The lowest BCUT2D eigenvalue weighted by molar-refractivity contribution is -0.197. The Bertz CT molecular complexity index is 1250. The van der Waals surface area contributed by atoms with Crippen LogP contribution in [0.1, 0.15) is 22.3 Å². The number of rotatable bonds is 13. The molecule has 0 saturated carbocycles. The van der Waals surface area contributed by atoms with Gasteiger partial charge in [0.05, 0.1) is 39.1 Å². The van der Waals surface area contributed by atoms with Crippen molar-refractivity contribution in [3.05, 3.63) is 144 Å². The predicted octanol–water partition coefficient (Wildman–Crippen LogP) is 6.80. The molecule has 0 unspecified atom stereocenters. The Hall–Kier alpha value is -3.03. The first-order valence-electron chi connectivity index (χ1n) is 13.8. The van der Waals surface area contributed by atoms with Gasteiger partial charge in [0.25, 0.3) is 0 Å². The van der Waals surface area contributed by atoms with Crippen LogP contribution in [0.2, 0.25) is 0 Å². The Labute approximate surface area is 242 Å². The Morgan fingerprint density at radius 3 is 1.40 bits per heavy atom. The van der Waals surface area contributed by atoms with E-state index < -0.39 is 0 Å². The van der Waals surface area contributed by atoms with Gasteiger partial charge in [-0.05, 0) is 34.0 Å². The van der Waals surface area contributed by atoms with Gasteiger partial charge < -0.3 is 18.9 Å². The fourth-order valence-electron chi connectivity index (χ4n) is 4.92. The molecular formula is C34H36ClNO4. The van der Waals surface area contributed by atoms with Crippen molar-refractivity contribution in [3.63, 3.8) is 0 Å². The molecule has 5 nitrogen and oxygen atoms in total. The summed E-state index contributed by atoms with van der Waals surface area (Å²) >= 11 is 6.94. The summed E-state index contributed by atoms with van der Waals surface area (Å²) in [6, 6.07) is 40.4. The van der Waals surface area contributed by atoms with Gasteiger partial charge in [0.2, 0.25) is 0 Å². The Morgan fingerprint density at radius 2 is 0.925 bits per heavy atom. The molecule has 4 aromatic carbocycles. The highest BCUT2D eigenvalue weighted by Crippen LogP contribution is 2.30. The standard InChI is InChI=1S/C34H36ClNO4/c35-36-21-32(38-23-28-15-7-2-8-16-28)34(40-25-30-19-11-4-12-20-30)33(39-24-29-17-9-3-10-18-29)31(36)26-37-22-27-13-5-1-6-14-27/h1-20,31-34H,21-26H2/t31-,32+,33-,34-/m1/s1. The van der Waals surface area contributed by atoms with Gasteiger partial charge in [-0.1, -0.05) is 121 Å². The van der Waals surface area contributed by atoms with Crippen molar-refractivity contribution < 1.29 is 18.9 Å². The van der Waals surface area contributed by atoms with E-state index in [2.05, 4.69) is 48.5 Å². The van der Waals surface area contributed by atoms with Crippen LogP contribution in [0.3, 0.4) is 0 Å². The van der Waals surface area contributed by atoms with Crippen LogP contribution in [0.4, 0.5) is 0 Å². The molecule has 1 saturated heterocycles. The molecule has 4 aromatic rings. The first kappa shape index (κ1) is 28.5. The van der Waals surface area contributed by atoms with Crippen LogP contribution in [0.15, 0.2) is 121 Å². The molecule has 0 aliphatic carbocycles. The summed E-state index contributed by atoms with van der Waals surface area (Å²) in [6.07, 6.45) is -1.03. The second-order valence-electron chi connectivity index (χ2n) is 10.0. The van der Waals surface area contributed by atoms with Gasteiger partial charge in [-0.2, -0.15) is 0 Å². The van der Waals surface area contributed by atoms with Crippen molar-refractivity contribution >= 4 is 11.8 Å². The lowest BCUT2D eigenvalue weighted by Crippen LogP contribution is -2.62. The second kappa shape index (κ2) is 15.1. The highest BCUT2D eigenvalue weighted by Gasteiger charge is 2.46. The Kier molecular flexibility index (Phi) is 10.8. The number of ether oxygens (including phenoxy) is 4. The van der Waals surface area contributed by atoms with Gasteiger partial charge >= 0.3 is 0 Å². The molecular weight excluding hydrogens is 522 g/mol. The van der Waals surface area contributed by atoms with Crippen LogP contribution in [-0.2, 0) is 45.4 Å². The molecule has 0 amide bonds. The molecule has 1 aliphatic rings. The normalized spacial score (nSPS) is 21.3. The first-order valence-corrected chi connectivity index (χ1v) is 14.1. The van der Waals surface area contributed by atoms with Crippen molar-refractivity contribution in [1.29, 1.82) is 0 Å². The van der Waals surface area contributed by atoms with E-state index >= 15 is 0 Å². The SMILES string of the molecule is ClN1C[C@H](OCc2ccccc2)[C@@H](OCc2ccccc2)[C@H](OCc2ccccc2)[C@H]1COCc1ccccc1. The average Bonchev–Trinajstić information content (AvgIpc) is 3.01. The summed E-state index contributed by atoms with van der Waals surface area (Å²) in [5, 5.41) is 0. The summed E-state index contributed by atoms with van der Waals surface area (Å²) in [6.45, 7) is 2.72. The van der Waals surface area contributed by atoms with Gasteiger partial charge in [0, 0.05) is 6.54 Å². The van der Waals surface area contributed by atoms with E-state index in [0.29, 0.717) is 39.6 Å².